The maximum absolute atomic E-state index is 5.45. The second-order valence-corrected chi connectivity index (χ2v) is 6.15. The topological polar surface area (TPSA) is 21.7 Å². The van der Waals surface area contributed by atoms with Gasteiger partial charge in [0.25, 0.3) is 0 Å². The molecule has 4 heteroatoms. The molecule has 1 saturated carbocycles. The summed E-state index contributed by atoms with van der Waals surface area (Å²) in [5.41, 5.74) is 1.28. The summed E-state index contributed by atoms with van der Waals surface area (Å²) in [6.45, 7) is 5.83. The Balaban J connectivity index is 1.83. The first-order chi connectivity index (χ1) is 8.65. The molecule has 0 bridgehead atoms. The first kappa shape index (κ1) is 12.3. The number of benzene rings is 1. The summed E-state index contributed by atoms with van der Waals surface area (Å²) in [5, 5.41) is 0. The Morgan fingerprint density at radius 3 is 2.56 bits per heavy atom. The number of ether oxygens (including phenoxy) is 2. The van der Waals surface area contributed by atoms with Gasteiger partial charge in [-0.15, -0.1) is 0 Å². The fraction of sp³-hybridized carbons (Fsp3) is 0.571. The molecule has 0 radical (unpaired) electrons. The van der Waals surface area contributed by atoms with E-state index in [9.17, 15) is 0 Å². The average molecular weight is 312 g/mol. The van der Waals surface area contributed by atoms with Gasteiger partial charge in [0.05, 0.1) is 0 Å². The molecular formula is C14H18BrNO2. The minimum absolute atomic E-state index is 0.335. The number of nitrogens with zero attached hydrogens (tertiary/aromatic N) is 1. The van der Waals surface area contributed by atoms with Gasteiger partial charge in [-0.25, -0.2) is 0 Å². The number of hydrogen-bond donors (Lipinski definition) is 0. The lowest BCUT2D eigenvalue weighted by Gasteiger charge is -2.26. The lowest BCUT2D eigenvalue weighted by atomic mass is 10.1. The van der Waals surface area contributed by atoms with Gasteiger partial charge in [0.1, 0.15) is 0 Å². The van der Waals surface area contributed by atoms with E-state index in [4.69, 9.17) is 9.47 Å². The van der Waals surface area contributed by atoms with Gasteiger partial charge in [-0.3, -0.25) is 4.90 Å². The van der Waals surface area contributed by atoms with Crippen LogP contribution in [-0.2, 0) is 6.54 Å². The van der Waals surface area contributed by atoms with E-state index in [-0.39, 0.29) is 0 Å². The molecule has 0 amide bonds. The quantitative estimate of drug-likeness (QED) is 0.849. The molecule has 3 rings (SSSR count). The minimum atomic E-state index is 0.335. The van der Waals surface area contributed by atoms with Gasteiger partial charge in [-0.2, -0.15) is 0 Å². The van der Waals surface area contributed by atoms with Gasteiger partial charge >= 0.3 is 0 Å². The molecule has 0 atom stereocenters. The normalized spacial score (nSPS) is 17.8. The predicted octanol–water partition coefficient (Wildman–Crippen LogP) is 3.55. The van der Waals surface area contributed by atoms with E-state index in [0.29, 0.717) is 12.8 Å². The summed E-state index contributed by atoms with van der Waals surface area (Å²) < 4.78 is 11.9. The number of fused-ring (bicyclic) bond motifs is 1. The van der Waals surface area contributed by atoms with Gasteiger partial charge in [-0.05, 0) is 44.4 Å². The van der Waals surface area contributed by atoms with Crippen LogP contribution >= 0.6 is 15.9 Å². The van der Waals surface area contributed by atoms with Crippen molar-refractivity contribution < 1.29 is 9.47 Å². The Morgan fingerprint density at radius 2 is 1.94 bits per heavy atom. The summed E-state index contributed by atoms with van der Waals surface area (Å²) in [4.78, 5) is 2.56. The SMILES string of the molecule is CC(C)N(Cc1cc2c(cc1Br)OCO2)C1CC1. The van der Waals surface area contributed by atoms with Crippen LogP contribution in [-0.4, -0.2) is 23.8 Å². The van der Waals surface area contributed by atoms with Crippen molar-refractivity contribution >= 4 is 15.9 Å². The van der Waals surface area contributed by atoms with Crippen LogP contribution in [0, 0.1) is 0 Å². The average Bonchev–Trinajstić information content (AvgIpc) is 3.05. The highest BCUT2D eigenvalue weighted by Crippen LogP contribution is 2.38. The van der Waals surface area contributed by atoms with Crippen LogP contribution in [0.1, 0.15) is 32.3 Å². The molecule has 1 aromatic rings. The lowest BCUT2D eigenvalue weighted by Crippen LogP contribution is -2.32. The van der Waals surface area contributed by atoms with Crippen LogP contribution in [0.25, 0.3) is 0 Å². The van der Waals surface area contributed by atoms with Crippen LogP contribution in [0.15, 0.2) is 16.6 Å². The van der Waals surface area contributed by atoms with Gasteiger partial charge < -0.3 is 9.47 Å². The van der Waals surface area contributed by atoms with E-state index >= 15 is 0 Å². The third kappa shape index (κ3) is 2.36. The van der Waals surface area contributed by atoms with Crippen LogP contribution < -0.4 is 9.47 Å². The zero-order valence-corrected chi connectivity index (χ0v) is 12.4. The van der Waals surface area contributed by atoms with Gasteiger partial charge in [0.2, 0.25) is 6.79 Å². The summed E-state index contributed by atoms with van der Waals surface area (Å²) >= 11 is 3.63. The largest absolute Gasteiger partial charge is 0.454 e. The smallest absolute Gasteiger partial charge is 0.231 e. The number of rotatable bonds is 4. The van der Waals surface area contributed by atoms with E-state index in [1.807, 2.05) is 6.07 Å². The van der Waals surface area contributed by atoms with Crippen molar-refractivity contribution in [1.82, 2.24) is 4.90 Å². The number of halogens is 1. The highest BCUT2D eigenvalue weighted by Gasteiger charge is 2.31. The van der Waals surface area contributed by atoms with E-state index < -0.39 is 0 Å². The van der Waals surface area contributed by atoms with Crippen LogP contribution in [0.3, 0.4) is 0 Å². The van der Waals surface area contributed by atoms with Crippen molar-refractivity contribution in [3.63, 3.8) is 0 Å². The molecule has 0 saturated heterocycles. The monoisotopic (exact) mass is 311 g/mol. The van der Waals surface area contributed by atoms with Crippen molar-refractivity contribution in [3.05, 3.63) is 22.2 Å². The number of hydrogen-bond acceptors (Lipinski definition) is 3. The third-order valence-electron chi connectivity index (χ3n) is 3.57. The van der Waals surface area contributed by atoms with E-state index in [1.54, 1.807) is 0 Å². The molecule has 0 N–H and O–H groups in total. The highest BCUT2D eigenvalue weighted by molar-refractivity contribution is 9.10. The summed E-state index contributed by atoms with van der Waals surface area (Å²) in [6.07, 6.45) is 2.67. The van der Waals surface area contributed by atoms with Crippen molar-refractivity contribution in [3.8, 4) is 11.5 Å². The van der Waals surface area contributed by atoms with Crippen molar-refractivity contribution in [1.29, 1.82) is 0 Å². The maximum Gasteiger partial charge on any atom is 0.231 e. The minimum Gasteiger partial charge on any atom is -0.454 e. The van der Waals surface area contributed by atoms with Crippen molar-refractivity contribution in [2.45, 2.75) is 45.3 Å². The standard InChI is InChI=1S/C14H18BrNO2/c1-9(2)16(11-3-4-11)7-10-5-13-14(6-12(10)15)18-8-17-13/h5-6,9,11H,3-4,7-8H2,1-2H3. The zero-order valence-electron chi connectivity index (χ0n) is 10.8. The van der Waals surface area contributed by atoms with E-state index in [1.165, 1.54) is 18.4 Å². The molecule has 1 aromatic carbocycles. The second-order valence-electron chi connectivity index (χ2n) is 5.29. The van der Waals surface area contributed by atoms with E-state index in [2.05, 4.69) is 40.7 Å². The van der Waals surface area contributed by atoms with Crippen LogP contribution in [0.5, 0.6) is 11.5 Å². The lowest BCUT2D eigenvalue weighted by molar-refractivity contribution is 0.173. The molecule has 98 valence electrons. The summed E-state index contributed by atoms with van der Waals surface area (Å²) in [6, 6.07) is 5.46. The molecule has 0 unspecified atom stereocenters. The Kier molecular flexibility index (Phi) is 3.24. The fourth-order valence-electron chi connectivity index (χ4n) is 2.42. The molecule has 1 heterocycles. The van der Waals surface area contributed by atoms with Crippen molar-refractivity contribution in [2.75, 3.05) is 6.79 Å². The Hall–Kier alpha value is -0.740. The first-order valence-electron chi connectivity index (χ1n) is 6.49. The first-order valence-corrected chi connectivity index (χ1v) is 7.28. The molecule has 1 fully saturated rings. The third-order valence-corrected chi connectivity index (χ3v) is 4.31. The zero-order chi connectivity index (χ0) is 12.7. The molecule has 3 nitrogen and oxygen atoms in total. The van der Waals surface area contributed by atoms with Gasteiger partial charge in [0.15, 0.2) is 11.5 Å². The molecule has 1 aliphatic heterocycles. The summed E-state index contributed by atoms with van der Waals surface area (Å²) in [7, 11) is 0. The highest BCUT2D eigenvalue weighted by atomic mass is 79.9. The molecular weight excluding hydrogens is 294 g/mol. The predicted molar refractivity (Wildman–Crippen MR) is 74.0 cm³/mol. The van der Waals surface area contributed by atoms with Crippen LogP contribution in [0.4, 0.5) is 0 Å². The summed E-state index contributed by atoms with van der Waals surface area (Å²) in [5.74, 6) is 1.71. The van der Waals surface area contributed by atoms with E-state index in [0.717, 1.165) is 28.6 Å². The second kappa shape index (κ2) is 4.74. The van der Waals surface area contributed by atoms with Crippen molar-refractivity contribution in [2.24, 2.45) is 0 Å². The fourth-order valence-corrected chi connectivity index (χ4v) is 2.86. The molecule has 18 heavy (non-hydrogen) atoms. The molecule has 1 aliphatic carbocycles. The Labute approximate surface area is 116 Å². The van der Waals surface area contributed by atoms with Crippen LogP contribution in [0.2, 0.25) is 0 Å². The van der Waals surface area contributed by atoms with Gasteiger partial charge in [0, 0.05) is 23.1 Å². The Bertz CT molecular complexity index is 455. The van der Waals surface area contributed by atoms with Gasteiger partial charge in [-0.1, -0.05) is 15.9 Å². The maximum atomic E-state index is 5.45. The molecule has 0 aromatic heterocycles. The molecule has 0 spiro atoms. The Morgan fingerprint density at radius 1 is 1.28 bits per heavy atom. The molecule has 2 aliphatic rings.